The van der Waals surface area contributed by atoms with Gasteiger partial charge in [-0.1, -0.05) is 56.4 Å². The number of hydrogen-bond donors (Lipinski definition) is 0. The van der Waals surface area contributed by atoms with Gasteiger partial charge in [-0.3, -0.25) is 0 Å². The fourth-order valence-electron chi connectivity index (χ4n) is 4.93. The number of allylic oxidation sites excluding steroid dienone is 2. The molecular weight excluding hydrogens is 295 g/mol. The molecular formula is C23H33F. The molecule has 132 valence electrons. The third-order valence-corrected chi connectivity index (χ3v) is 6.47. The molecule has 1 aromatic rings. The monoisotopic (exact) mass is 328 g/mol. The highest BCUT2D eigenvalue weighted by atomic mass is 19.1. The van der Waals surface area contributed by atoms with E-state index in [-0.39, 0.29) is 5.82 Å². The van der Waals surface area contributed by atoms with Crippen LogP contribution in [0.1, 0.15) is 76.7 Å². The van der Waals surface area contributed by atoms with Crippen molar-refractivity contribution in [2.75, 3.05) is 0 Å². The largest absolute Gasteiger partial charge is 0.207 e. The summed E-state index contributed by atoms with van der Waals surface area (Å²) in [4.78, 5) is 0. The maximum atomic E-state index is 13.0. The van der Waals surface area contributed by atoms with Gasteiger partial charge in [-0.05, 0) is 80.4 Å². The molecule has 2 aliphatic rings. The van der Waals surface area contributed by atoms with Gasteiger partial charge in [0.1, 0.15) is 5.82 Å². The lowest BCUT2D eigenvalue weighted by atomic mass is 9.69. The molecule has 0 radical (unpaired) electrons. The van der Waals surface area contributed by atoms with Crippen LogP contribution in [0.2, 0.25) is 0 Å². The Morgan fingerprint density at radius 2 is 1.54 bits per heavy atom. The summed E-state index contributed by atoms with van der Waals surface area (Å²) in [5, 5.41) is 0. The first-order chi connectivity index (χ1) is 11.7. The highest BCUT2D eigenvalue weighted by Crippen LogP contribution is 2.42. The Balaban J connectivity index is 1.42. The van der Waals surface area contributed by atoms with Crippen molar-refractivity contribution >= 4 is 0 Å². The summed E-state index contributed by atoms with van der Waals surface area (Å²) in [5.41, 5.74) is 2.86. The van der Waals surface area contributed by atoms with Crippen LogP contribution >= 0.6 is 0 Å². The van der Waals surface area contributed by atoms with Crippen molar-refractivity contribution < 1.29 is 4.39 Å². The van der Waals surface area contributed by atoms with Crippen molar-refractivity contribution in [3.05, 3.63) is 47.3 Å². The molecule has 0 heterocycles. The van der Waals surface area contributed by atoms with Crippen LogP contribution in [-0.2, 0) is 6.42 Å². The van der Waals surface area contributed by atoms with Gasteiger partial charge in [0, 0.05) is 0 Å². The molecule has 0 N–H and O–H groups in total. The number of rotatable bonds is 5. The van der Waals surface area contributed by atoms with Gasteiger partial charge < -0.3 is 0 Å². The topological polar surface area (TPSA) is 0 Å². The molecule has 0 amide bonds. The Hall–Kier alpha value is -1.11. The third kappa shape index (κ3) is 4.94. The summed E-state index contributed by atoms with van der Waals surface area (Å²) >= 11 is 0. The van der Waals surface area contributed by atoms with Crippen LogP contribution in [0, 0.1) is 23.6 Å². The van der Waals surface area contributed by atoms with Crippen molar-refractivity contribution in [3.63, 3.8) is 0 Å². The average Bonchev–Trinajstić information content (AvgIpc) is 2.63. The first-order valence-electron chi connectivity index (χ1n) is 10.2. The van der Waals surface area contributed by atoms with Crippen LogP contribution in [0.3, 0.4) is 0 Å². The number of benzene rings is 1. The fraction of sp³-hybridized carbons (Fsp3) is 0.652. The molecule has 0 spiro atoms. The lowest BCUT2D eigenvalue weighted by Gasteiger charge is -2.36. The molecule has 0 atom stereocenters. The Morgan fingerprint density at radius 3 is 2.17 bits per heavy atom. The molecule has 0 nitrogen and oxygen atoms in total. The van der Waals surface area contributed by atoms with Gasteiger partial charge in [-0.15, -0.1) is 0 Å². The summed E-state index contributed by atoms with van der Waals surface area (Å²) in [5.74, 6) is 2.88. The first kappa shape index (κ1) is 17.7. The van der Waals surface area contributed by atoms with Crippen LogP contribution in [0.25, 0.3) is 0 Å². The van der Waals surface area contributed by atoms with Crippen molar-refractivity contribution in [2.45, 2.75) is 77.6 Å². The van der Waals surface area contributed by atoms with Crippen LogP contribution in [0.5, 0.6) is 0 Å². The summed E-state index contributed by atoms with van der Waals surface area (Å²) in [7, 11) is 0. The number of hydrogen-bond acceptors (Lipinski definition) is 0. The zero-order valence-electron chi connectivity index (χ0n) is 15.3. The minimum absolute atomic E-state index is 0.138. The van der Waals surface area contributed by atoms with E-state index < -0.39 is 0 Å². The second-order valence-electron chi connectivity index (χ2n) is 8.10. The minimum atomic E-state index is -0.138. The van der Waals surface area contributed by atoms with Gasteiger partial charge in [0.05, 0.1) is 0 Å². The molecule has 0 bridgehead atoms. The molecule has 2 aliphatic carbocycles. The second kappa shape index (κ2) is 8.83. The number of halogens is 1. The first-order valence-corrected chi connectivity index (χ1v) is 10.2. The van der Waals surface area contributed by atoms with Crippen LogP contribution in [0.4, 0.5) is 4.39 Å². The zero-order chi connectivity index (χ0) is 16.8. The SMILES string of the molecule is CCCC1CCC(C2CCC(=CCc3ccc(F)cc3)CC2)CC1. The summed E-state index contributed by atoms with van der Waals surface area (Å²) in [6, 6.07) is 6.96. The zero-order valence-corrected chi connectivity index (χ0v) is 15.3. The molecule has 0 unspecified atom stereocenters. The lowest BCUT2D eigenvalue weighted by Crippen LogP contribution is -2.24. The molecule has 0 saturated heterocycles. The summed E-state index contributed by atoms with van der Waals surface area (Å²) in [6.45, 7) is 2.33. The smallest absolute Gasteiger partial charge is 0.123 e. The van der Waals surface area contributed by atoms with Crippen LogP contribution in [-0.4, -0.2) is 0 Å². The third-order valence-electron chi connectivity index (χ3n) is 6.47. The molecule has 0 aromatic heterocycles. The van der Waals surface area contributed by atoms with Crippen molar-refractivity contribution in [2.24, 2.45) is 17.8 Å². The normalized spacial score (nSPS) is 27.9. The fourth-order valence-corrected chi connectivity index (χ4v) is 4.93. The molecule has 0 aliphatic heterocycles. The average molecular weight is 329 g/mol. The Labute approximate surface area is 147 Å². The Bertz CT molecular complexity index is 509. The van der Waals surface area contributed by atoms with Gasteiger partial charge in [0.25, 0.3) is 0 Å². The van der Waals surface area contributed by atoms with E-state index in [1.807, 2.05) is 12.1 Å². The van der Waals surface area contributed by atoms with Gasteiger partial charge in [-0.25, -0.2) is 4.39 Å². The molecule has 2 fully saturated rings. The molecule has 1 aromatic carbocycles. The highest BCUT2D eigenvalue weighted by Gasteiger charge is 2.28. The van der Waals surface area contributed by atoms with Crippen molar-refractivity contribution in [1.82, 2.24) is 0 Å². The van der Waals surface area contributed by atoms with E-state index in [2.05, 4.69) is 13.0 Å². The van der Waals surface area contributed by atoms with E-state index in [0.717, 1.165) is 24.2 Å². The quantitative estimate of drug-likeness (QED) is 0.506. The predicted octanol–water partition coefficient (Wildman–Crippen LogP) is 7.09. The highest BCUT2D eigenvalue weighted by molar-refractivity contribution is 5.20. The van der Waals surface area contributed by atoms with Gasteiger partial charge in [0.15, 0.2) is 0 Å². The van der Waals surface area contributed by atoms with Gasteiger partial charge in [-0.2, -0.15) is 0 Å². The summed E-state index contributed by atoms with van der Waals surface area (Å²) in [6.07, 6.45) is 17.5. The van der Waals surface area contributed by atoms with E-state index in [0.29, 0.717) is 0 Å². The Morgan fingerprint density at radius 1 is 0.917 bits per heavy atom. The Kier molecular flexibility index (Phi) is 6.51. The van der Waals surface area contributed by atoms with E-state index in [1.54, 1.807) is 17.7 Å². The van der Waals surface area contributed by atoms with Crippen molar-refractivity contribution in [1.29, 1.82) is 0 Å². The summed E-state index contributed by atoms with van der Waals surface area (Å²) < 4.78 is 13.0. The van der Waals surface area contributed by atoms with Gasteiger partial charge in [0.2, 0.25) is 0 Å². The second-order valence-corrected chi connectivity index (χ2v) is 8.10. The van der Waals surface area contributed by atoms with E-state index in [9.17, 15) is 4.39 Å². The van der Waals surface area contributed by atoms with E-state index >= 15 is 0 Å². The van der Waals surface area contributed by atoms with E-state index in [1.165, 1.54) is 69.8 Å². The standard InChI is InChI=1S/C23H33F/c1-2-3-18-6-12-21(13-7-18)22-14-8-19(9-15-22)4-5-20-10-16-23(24)17-11-20/h4,10-11,16-18,21-22H,2-3,5-9,12-15H2,1H3. The van der Waals surface area contributed by atoms with Gasteiger partial charge >= 0.3 is 0 Å². The molecule has 2 saturated carbocycles. The van der Waals surface area contributed by atoms with E-state index in [4.69, 9.17) is 0 Å². The molecule has 1 heteroatoms. The van der Waals surface area contributed by atoms with Crippen LogP contribution < -0.4 is 0 Å². The van der Waals surface area contributed by atoms with Crippen LogP contribution in [0.15, 0.2) is 35.9 Å². The predicted molar refractivity (Wildman–Crippen MR) is 101 cm³/mol. The molecule has 24 heavy (non-hydrogen) atoms. The minimum Gasteiger partial charge on any atom is -0.207 e. The maximum absolute atomic E-state index is 13.0. The maximum Gasteiger partial charge on any atom is 0.123 e. The molecule has 3 rings (SSSR count). The lowest BCUT2D eigenvalue weighted by molar-refractivity contribution is 0.173. The van der Waals surface area contributed by atoms with Crippen molar-refractivity contribution in [3.8, 4) is 0 Å².